The third kappa shape index (κ3) is 3.37. The Balaban J connectivity index is 2.18. The first-order chi connectivity index (χ1) is 9.81. The van der Waals surface area contributed by atoms with E-state index in [4.69, 9.17) is 5.26 Å². The SMILES string of the molecule is Cc1ccc(C(F)(F)F)cc1NCc1cc(C#N)n(C)c1. The maximum atomic E-state index is 12.7. The Morgan fingerprint density at radius 1 is 1.29 bits per heavy atom. The molecular formula is C15H14F3N3. The van der Waals surface area contributed by atoms with Gasteiger partial charge in [0.25, 0.3) is 0 Å². The lowest BCUT2D eigenvalue weighted by atomic mass is 10.1. The number of aryl methyl sites for hydroxylation is 2. The van der Waals surface area contributed by atoms with Gasteiger partial charge in [0.2, 0.25) is 0 Å². The summed E-state index contributed by atoms with van der Waals surface area (Å²) in [6.45, 7) is 2.10. The van der Waals surface area contributed by atoms with Crippen LogP contribution in [0.2, 0.25) is 0 Å². The van der Waals surface area contributed by atoms with Gasteiger partial charge in [-0.25, -0.2) is 0 Å². The molecule has 1 N–H and O–H groups in total. The van der Waals surface area contributed by atoms with Crippen molar-refractivity contribution in [3.05, 3.63) is 52.8 Å². The van der Waals surface area contributed by atoms with Crippen molar-refractivity contribution in [2.24, 2.45) is 7.05 Å². The summed E-state index contributed by atoms with van der Waals surface area (Å²) >= 11 is 0. The van der Waals surface area contributed by atoms with Gasteiger partial charge in [-0.3, -0.25) is 0 Å². The van der Waals surface area contributed by atoms with Crippen LogP contribution >= 0.6 is 0 Å². The average Bonchev–Trinajstić information content (AvgIpc) is 2.77. The molecule has 21 heavy (non-hydrogen) atoms. The molecule has 0 spiro atoms. The van der Waals surface area contributed by atoms with E-state index in [0.29, 0.717) is 17.9 Å². The molecule has 6 heteroatoms. The van der Waals surface area contributed by atoms with E-state index in [9.17, 15) is 13.2 Å². The van der Waals surface area contributed by atoms with Crippen LogP contribution < -0.4 is 5.32 Å². The molecule has 0 atom stereocenters. The summed E-state index contributed by atoms with van der Waals surface area (Å²) < 4.78 is 39.8. The summed E-state index contributed by atoms with van der Waals surface area (Å²) in [6.07, 6.45) is -2.58. The van der Waals surface area contributed by atoms with Crippen LogP contribution in [0.1, 0.15) is 22.4 Å². The van der Waals surface area contributed by atoms with Crippen LogP contribution in [-0.4, -0.2) is 4.57 Å². The van der Waals surface area contributed by atoms with Gasteiger partial charge >= 0.3 is 6.18 Å². The van der Waals surface area contributed by atoms with Crippen LogP contribution in [0.25, 0.3) is 0 Å². The Labute approximate surface area is 120 Å². The van der Waals surface area contributed by atoms with Crippen LogP contribution in [0, 0.1) is 18.3 Å². The van der Waals surface area contributed by atoms with E-state index in [1.807, 2.05) is 6.07 Å². The number of nitrogens with zero attached hydrogens (tertiary/aromatic N) is 2. The van der Waals surface area contributed by atoms with E-state index in [2.05, 4.69) is 5.32 Å². The van der Waals surface area contributed by atoms with Gasteiger partial charge in [0.05, 0.1) is 5.56 Å². The minimum Gasteiger partial charge on any atom is -0.381 e. The third-order valence-corrected chi connectivity index (χ3v) is 3.22. The number of anilines is 1. The number of nitrogens with one attached hydrogen (secondary N) is 1. The van der Waals surface area contributed by atoms with E-state index in [0.717, 1.165) is 23.3 Å². The van der Waals surface area contributed by atoms with E-state index in [-0.39, 0.29) is 0 Å². The van der Waals surface area contributed by atoms with Crippen molar-refractivity contribution >= 4 is 5.69 Å². The molecule has 0 aliphatic heterocycles. The number of nitriles is 1. The van der Waals surface area contributed by atoms with Crippen molar-refractivity contribution in [1.82, 2.24) is 4.57 Å². The van der Waals surface area contributed by atoms with Gasteiger partial charge in [-0.15, -0.1) is 0 Å². The van der Waals surface area contributed by atoms with Crippen molar-refractivity contribution < 1.29 is 13.2 Å². The Bertz CT molecular complexity index is 693. The molecule has 1 aromatic heterocycles. The fraction of sp³-hybridized carbons (Fsp3) is 0.267. The summed E-state index contributed by atoms with van der Waals surface area (Å²) in [5.41, 5.74) is 1.84. The normalized spacial score (nSPS) is 11.2. The van der Waals surface area contributed by atoms with Crippen molar-refractivity contribution in [1.29, 1.82) is 5.26 Å². The van der Waals surface area contributed by atoms with Crippen molar-refractivity contribution in [3.63, 3.8) is 0 Å². The van der Waals surface area contributed by atoms with Gasteiger partial charge < -0.3 is 9.88 Å². The first kappa shape index (κ1) is 15.0. The number of benzene rings is 1. The number of aromatic nitrogens is 1. The molecule has 2 rings (SSSR count). The molecule has 3 nitrogen and oxygen atoms in total. The number of rotatable bonds is 3. The summed E-state index contributed by atoms with van der Waals surface area (Å²) in [4.78, 5) is 0. The van der Waals surface area contributed by atoms with Crippen LogP contribution in [-0.2, 0) is 19.8 Å². The van der Waals surface area contributed by atoms with Crippen LogP contribution in [0.5, 0.6) is 0 Å². The average molecular weight is 293 g/mol. The molecule has 0 bridgehead atoms. The molecule has 0 saturated carbocycles. The molecule has 1 aromatic carbocycles. The van der Waals surface area contributed by atoms with Gasteiger partial charge in [0.1, 0.15) is 11.8 Å². The van der Waals surface area contributed by atoms with Gasteiger partial charge in [0.15, 0.2) is 0 Å². The number of hydrogen-bond donors (Lipinski definition) is 1. The third-order valence-electron chi connectivity index (χ3n) is 3.22. The smallest absolute Gasteiger partial charge is 0.381 e. The lowest BCUT2D eigenvalue weighted by Gasteiger charge is -2.13. The Hall–Kier alpha value is -2.42. The molecule has 110 valence electrons. The molecule has 0 unspecified atom stereocenters. The van der Waals surface area contributed by atoms with Gasteiger partial charge in [-0.05, 0) is 36.2 Å². The van der Waals surface area contributed by atoms with Gasteiger partial charge in [-0.2, -0.15) is 18.4 Å². The monoisotopic (exact) mass is 293 g/mol. The predicted octanol–water partition coefficient (Wildman–Crippen LogP) is 3.84. The molecule has 0 radical (unpaired) electrons. The highest BCUT2D eigenvalue weighted by Crippen LogP contribution is 2.32. The first-order valence-electron chi connectivity index (χ1n) is 6.28. The zero-order chi connectivity index (χ0) is 15.6. The van der Waals surface area contributed by atoms with E-state index >= 15 is 0 Å². The number of hydrogen-bond acceptors (Lipinski definition) is 2. The van der Waals surface area contributed by atoms with Gasteiger partial charge in [0, 0.05) is 25.5 Å². The van der Waals surface area contributed by atoms with Crippen LogP contribution in [0.3, 0.4) is 0 Å². The highest BCUT2D eigenvalue weighted by Gasteiger charge is 2.30. The fourth-order valence-electron chi connectivity index (χ4n) is 2.03. The second-order valence-electron chi connectivity index (χ2n) is 4.84. The molecular weight excluding hydrogens is 279 g/mol. The van der Waals surface area contributed by atoms with Gasteiger partial charge in [-0.1, -0.05) is 6.07 Å². The maximum absolute atomic E-state index is 12.7. The molecule has 0 amide bonds. The maximum Gasteiger partial charge on any atom is 0.416 e. The Kier molecular flexibility index (Phi) is 3.94. The molecule has 0 aliphatic carbocycles. The van der Waals surface area contributed by atoms with Crippen molar-refractivity contribution in [3.8, 4) is 6.07 Å². The molecule has 0 aliphatic rings. The minimum atomic E-state index is -4.36. The van der Waals surface area contributed by atoms with Crippen LogP contribution in [0.4, 0.5) is 18.9 Å². The summed E-state index contributed by atoms with van der Waals surface area (Å²) in [5, 5.41) is 11.9. The van der Waals surface area contributed by atoms with Crippen molar-refractivity contribution in [2.45, 2.75) is 19.6 Å². The predicted molar refractivity (Wildman–Crippen MR) is 73.6 cm³/mol. The quantitative estimate of drug-likeness (QED) is 0.934. The minimum absolute atomic E-state index is 0.359. The topological polar surface area (TPSA) is 40.8 Å². The summed E-state index contributed by atoms with van der Waals surface area (Å²) in [5.74, 6) is 0. The number of halogens is 3. The standard InChI is InChI=1S/C15H14F3N3/c1-10-3-4-12(15(16,17)18)6-14(10)20-8-11-5-13(7-19)21(2)9-11/h3-6,9,20H,8H2,1-2H3. The largest absolute Gasteiger partial charge is 0.416 e. The lowest BCUT2D eigenvalue weighted by molar-refractivity contribution is -0.137. The highest BCUT2D eigenvalue weighted by atomic mass is 19.4. The molecule has 0 fully saturated rings. The van der Waals surface area contributed by atoms with E-state index < -0.39 is 11.7 Å². The zero-order valence-electron chi connectivity index (χ0n) is 11.6. The molecule has 2 aromatic rings. The molecule has 0 saturated heterocycles. The lowest BCUT2D eigenvalue weighted by Crippen LogP contribution is -2.07. The van der Waals surface area contributed by atoms with E-state index in [1.54, 1.807) is 30.8 Å². The Morgan fingerprint density at radius 3 is 2.57 bits per heavy atom. The zero-order valence-corrected chi connectivity index (χ0v) is 11.6. The second-order valence-corrected chi connectivity index (χ2v) is 4.84. The summed E-state index contributed by atoms with van der Waals surface area (Å²) in [6, 6.07) is 7.35. The van der Waals surface area contributed by atoms with E-state index in [1.165, 1.54) is 6.07 Å². The number of alkyl halides is 3. The van der Waals surface area contributed by atoms with Crippen LogP contribution in [0.15, 0.2) is 30.5 Å². The van der Waals surface area contributed by atoms with Crippen molar-refractivity contribution in [2.75, 3.05) is 5.32 Å². The second kappa shape index (κ2) is 5.52. The highest BCUT2D eigenvalue weighted by molar-refractivity contribution is 5.53. The fourth-order valence-corrected chi connectivity index (χ4v) is 2.03. The Morgan fingerprint density at radius 2 is 2.00 bits per heavy atom. The molecule has 1 heterocycles. The first-order valence-corrected chi connectivity index (χ1v) is 6.28. The summed E-state index contributed by atoms with van der Waals surface area (Å²) in [7, 11) is 1.75.